The topological polar surface area (TPSA) is 39.2 Å². The van der Waals surface area contributed by atoms with Crippen LogP contribution in [-0.4, -0.2) is 17.6 Å². The molecule has 1 aromatic heterocycles. The molecule has 0 atom stereocenters. The summed E-state index contributed by atoms with van der Waals surface area (Å²) in [4.78, 5) is 16.0. The summed E-state index contributed by atoms with van der Waals surface area (Å²) in [6, 6.07) is 1.91. The zero-order valence-corrected chi connectivity index (χ0v) is 9.76. The monoisotopic (exact) mass is 207 g/mol. The summed E-state index contributed by atoms with van der Waals surface area (Å²) in [7, 11) is 0. The third kappa shape index (κ3) is 2.55. The Morgan fingerprint density at radius 3 is 2.60 bits per heavy atom. The molecule has 0 unspecified atom stereocenters. The van der Waals surface area contributed by atoms with E-state index in [9.17, 15) is 4.79 Å². The van der Waals surface area contributed by atoms with E-state index >= 15 is 0 Å². The molecule has 0 fully saturated rings. The van der Waals surface area contributed by atoms with Gasteiger partial charge in [0.25, 0.3) is 0 Å². The number of hydrogen-bond donors (Lipinski definition) is 0. The van der Waals surface area contributed by atoms with Crippen LogP contribution in [0.3, 0.4) is 0 Å². The maximum Gasteiger partial charge on any atom is 0.340 e. The first kappa shape index (κ1) is 11.7. The van der Waals surface area contributed by atoms with Gasteiger partial charge in [-0.3, -0.25) is 4.98 Å². The molecular weight excluding hydrogens is 190 g/mol. The van der Waals surface area contributed by atoms with E-state index in [0.717, 1.165) is 23.4 Å². The Balaban J connectivity index is 3.20. The van der Waals surface area contributed by atoms with Crippen molar-refractivity contribution in [1.29, 1.82) is 0 Å². The zero-order chi connectivity index (χ0) is 11.4. The number of rotatable bonds is 3. The van der Waals surface area contributed by atoms with Gasteiger partial charge in [-0.1, -0.05) is 6.92 Å². The number of carbonyl (C=O) groups excluding carboxylic acids is 1. The van der Waals surface area contributed by atoms with Crippen molar-refractivity contribution in [3.05, 3.63) is 28.6 Å². The Morgan fingerprint density at radius 2 is 2.07 bits per heavy atom. The normalized spacial score (nSPS) is 10.1. The SMILES string of the molecule is CCOC(=O)c1c(C)cc(C)nc1CC. The maximum absolute atomic E-state index is 11.7. The summed E-state index contributed by atoms with van der Waals surface area (Å²) >= 11 is 0. The van der Waals surface area contributed by atoms with E-state index in [-0.39, 0.29) is 5.97 Å². The van der Waals surface area contributed by atoms with Gasteiger partial charge in [-0.2, -0.15) is 0 Å². The van der Waals surface area contributed by atoms with E-state index in [1.54, 1.807) is 6.92 Å². The van der Waals surface area contributed by atoms with Crippen molar-refractivity contribution in [3.8, 4) is 0 Å². The molecule has 0 aliphatic carbocycles. The van der Waals surface area contributed by atoms with Gasteiger partial charge < -0.3 is 4.74 Å². The minimum Gasteiger partial charge on any atom is -0.462 e. The second-order valence-corrected chi connectivity index (χ2v) is 3.48. The Bertz CT molecular complexity index is 372. The first-order valence-corrected chi connectivity index (χ1v) is 5.24. The van der Waals surface area contributed by atoms with Crippen LogP contribution < -0.4 is 0 Å². The van der Waals surface area contributed by atoms with Gasteiger partial charge in [-0.15, -0.1) is 0 Å². The smallest absolute Gasteiger partial charge is 0.340 e. The van der Waals surface area contributed by atoms with Crippen LogP contribution in [0.5, 0.6) is 0 Å². The van der Waals surface area contributed by atoms with E-state index in [1.807, 2.05) is 26.8 Å². The number of hydrogen-bond acceptors (Lipinski definition) is 3. The van der Waals surface area contributed by atoms with Crippen molar-refractivity contribution in [2.45, 2.75) is 34.1 Å². The van der Waals surface area contributed by atoms with Gasteiger partial charge in [0.15, 0.2) is 0 Å². The zero-order valence-electron chi connectivity index (χ0n) is 9.76. The Hall–Kier alpha value is -1.38. The molecule has 1 heterocycles. The lowest BCUT2D eigenvalue weighted by atomic mass is 10.0. The summed E-state index contributed by atoms with van der Waals surface area (Å²) in [5.74, 6) is -0.264. The highest BCUT2D eigenvalue weighted by Crippen LogP contribution is 2.15. The van der Waals surface area contributed by atoms with Crippen LogP contribution in [0, 0.1) is 13.8 Å². The van der Waals surface area contributed by atoms with Crippen molar-refractivity contribution in [3.63, 3.8) is 0 Å². The quantitative estimate of drug-likeness (QED) is 0.714. The fourth-order valence-corrected chi connectivity index (χ4v) is 1.65. The molecule has 3 nitrogen and oxygen atoms in total. The number of nitrogens with zero attached hydrogens (tertiary/aromatic N) is 1. The molecule has 0 radical (unpaired) electrons. The molecule has 0 spiro atoms. The molecule has 0 bridgehead atoms. The summed E-state index contributed by atoms with van der Waals surface area (Å²) in [5.41, 5.74) is 3.34. The molecule has 1 rings (SSSR count). The van der Waals surface area contributed by atoms with Crippen LogP contribution in [0.1, 0.15) is 41.2 Å². The molecular formula is C12H17NO2. The number of carbonyl (C=O) groups is 1. The number of esters is 1. The second kappa shape index (κ2) is 4.91. The number of aromatic nitrogens is 1. The average Bonchev–Trinajstić information content (AvgIpc) is 2.16. The predicted octanol–water partition coefficient (Wildman–Crippen LogP) is 2.44. The average molecular weight is 207 g/mol. The molecule has 15 heavy (non-hydrogen) atoms. The third-order valence-corrected chi connectivity index (χ3v) is 2.23. The molecule has 0 N–H and O–H groups in total. The molecule has 0 saturated carbocycles. The molecule has 0 aliphatic heterocycles. The first-order chi connectivity index (χ1) is 7.10. The highest BCUT2D eigenvalue weighted by atomic mass is 16.5. The van der Waals surface area contributed by atoms with Gasteiger partial charge in [0, 0.05) is 5.69 Å². The Labute approximate surface area is 90.5 Å². The van der Waals surface area contributed by atoms with Crippen molar-refractivity contribution >= 4 is 5.97 Å². The predicted molar refractivity (Wildman–Crippen MR) is 59.0 cm³/mol. The maximum atomic E-state index is 11.7. The van der Waals surface area contributed by atoms with Crippen LogP contribution >= 0.6 is 0 Å². The first-order valence-electron chi connectivity index (χ1n) is 5.24. The summed E-state index contributed by atoms with van der Waals surface area (Å²) in [6.45, 7) is 8.04. The van der Waals surface area contributed by atoms with Gasteiger partial charge >= 0.3 is 5.97 Å². The van der Waals surface area contributed by atoms with Crippen LogP contribution in [0.2, 0.25) is 0 Å². The Morgan fingerprint density at radius 1 is 1.40 bits per heavy atom. The number of aryl methyl sites for hydroxylation is 3. The molecule has 3 heteroatoms. The molecule has 1 aromatic rings. The summed E-state index contributed by atoms with van der Waals surface area (Å²) < 4.78 is 5.01. The third-order valence-electron chi connectivity index (χ3n) is 2.23. The van der Waals surface area contributed by atoms with Crippen LogP contribution in [0.15, 0.2) is 6.07 Å². The van der Waals surface area contributed by atoms with Crippen molar-refractivity contribution < 1.29 is 9.53 Å². The van der Waals surface area contributed by atoms with Gasteiger partial charge in [0.2, 0.25) is 0 Å². The molecule has 0 amide bonds. The van der Waals surface area contributed by atoms with Crippen molar-refractivity contribution in [2.24, 2.45) is 0 Å². The molecule has 82 valence electrons. The van der Waals surface area contributed by atoms with E-state index in [4.69, 9.17) is 4.74 Å². The fraction of sp³-hybridized carbons (Fsp3) is 0.500. The second-order valence-electron chi connectivity index (χ2n) is 3.48. The lowest BCUT2D eigenvalue weighted by Gasteiger charge is -2.10. The fourth-order valence-electron chi connectivity index (χ4n) is 1.65. The molecule has 0 saturated heterocycles. The van der Waals surface area contributed by atoms with Crippen LogP contribution in [0.4, 0.5) is 0 Å². The van der Waals surface area contributed by atoms with Crippen LogP contribution in [0.25, 0.3) is 0 Å². The van der Waals surface area contributed by atoms with Gasteiger partial charge in [-0.25, -0.2) is 4.79 Å². The van der Waals surface area contributed by atoms with Gasteiger partial charge in [0.05, 0.1) is 17.9 Å². The molecule has 0 aliphatic rings. The van der Waals surface area contributed by atoms with E-state index in [0.29, 0.717) is 12.2 Å². The van der Waals surface area contributed by atoms with Gasteiger partial charge in [-0.05, 0) is 38.8 Å². The lowest BCUT2D eigenvalue weighted by molar-refractivity contribution is 0.0523. The summed E-state index contributed by atoms with van der Waals surface area (Å²) in [6.07, 6.45) is 0.747. The van der Waals surface area contributed by atoms with E-state index in [1.165, 1.54) is 0 Å². The minimum atomic E-state index is -0.264. The standard InChI is InChI=1S/C12H17NO2/c1-5-10-11(12(14)15-6-2)8(3)7-9(4)13-10/h7H,5-6H2,1-4H3. The highest BCUT2D eigenvalue weighted by molar-refractivity contribution is 5.92. The van der Waals surface area contributed by atoms with E-state index in [2.05, 4.69) is 4.98 Å². The summed E-state index contributed by atoms with van der Waals surface area (Å²) in [5, 5.41) is 0. The largest absolute Gasteiger partial charge is 0.462 e. The lowest BCUT2D eigenvalue weighted by Crippen LogP contribution is -2.12. The van der Waals surface area contributed by atoms with Crippen LogP contribution in [-0.2, 0) is 11.2 Å². The molecule has 0 aromatic carbocycles. The highest BCUT2D eigenvalue weighted by Gasteiger charge is 2.16. The Kier molecular flexibility index (Phi) is 3.83. The minimum absolute atomic E-state index is 0.264. The number of ether oxygens (including phenoxy) is 1. The van der Waals surface area contributed by atoms with E-state index < -0.39 is 0 Å². The van der Waals surface area contributed by atoms with Crippen molar-refractivity contribution in [1.82, 2.24) is 4.98 Å². The van der Waals surface area contributed by atoms with Gasteiger partial charge in [0.1, 0.15) is 0 Å². The van der Waals surface area contributed by atoms with Crippen molar-refractivity contribution in [2.75, 3.05) is 6.61 Å². The number of pyridine rings is 1.